The molecule has 3 aromatic rings. The van der Waals surface area contributed by atoms with E-state index in [1.54, 1.807) is 18.2 Å². The van der Waals surface area contributed by atoms with Crippen molar-refractivity contribution in [2.45, 2.75) is 6.04 Å². The number of carbonyl (C=O) groups excluding carboxylic acids is 2. The summed E-state index contributed by atoms with van der Waals surface area (Å²) >= 11 is 2.11. The van der Waals surface area contributed by atoms with E-state index < -0.39 is 11.9 Å². The first-order chi connectivity index (χ1) is 13.5. The lowest BCUT2D eigenvalue weighted by Gasteiger charge is -2.31. The molecule has 0 aromatic heterocycles. The van der Waals surface area contributed by atoms with Gasteiger partial charge in [-0.1, -0.05) is 42.5 Å². The number of hydrogen-bond donors (Lipinski definition) is 1. The number of amides is 2. The third-order valence-electron chi connectivity index (χ3n) is 4.69. The zero-order valence-electron chi connectivity index (χ0n) is 14.7. The van der Waals surface area contributed by atoms with Crippen molar-refractivity contribution in [2.75, 3.05) is 11.9 Å². The SMILES string of the molecule is O=C1CN(C(=O)c2ccccc2I)[C@H](c2ccccc2)c2cc(F)ccc2N1. The van der Waals surface area contributed by atoms with Gasteiger partial charge < -0.3 is 10.2 Å². The number of benzene rings is 3. The molecule has 140 valence electrons. The van der Waals surface area contributed by atoms with Gasteiger partial charge in [0.15, 0.2) is 0 Å². The van der Waals surface area contributed by atoms with Crippen molar-refractivity contribution < 1.29 is 14.0 Å². The number of rotatable bonds is 2. The van der Waals surface area contributed by atoms with E-state index in [4.69, 9.17) is 0 Å². The van der Waals surface area contributed by atoms with Crippen LogP contribution in [0.1, 0.15) is 27.5 Å². The predicted octanol–water partition coefficient (Wildman–Crippen LogP) is 4.61. The van der Waals surface area contributed by atoms with Crippen molar-refractivity contribution in [1.29, 1.82) is 0 Å². The van der Waals surface area contributed by atoms with Gasteiger partial charge >= 0.3 is 0 Å². The second kappa shape index (κ2) is 7.71. The Morgan fingerprint density at radius 1 is 1.04 bits per heavy atom. The zero-order valence-corrected chi connectivity index (χ0v) is 16.9. The summed E-state index contributed by atoms with van der Waals surface area (Å²) in [5.74, 6) is -1.01. The Kier molecular flexibility index (Phi) is 5.13. The predicted molar refractivity (Wildman–Crippen MR) is 114 cm³/mol. The lowest BCUT2D eigenvalue weighted by molar-refractivity contribution is -0.117. The summed E-state index contributed by atoms with van der Waals surface area (Å²) in [5, 5.41) is 2.80. The molecule has 0 saturated carbocycles. The fourth-order valence-corrected chi connectivity index (χ4v) is 4.07. The fraction of sp³-hybridized carbons (Fsp3) is 0.0909. The minimum atomic E-state index is -0.589. The highest BCUT2D eigenvalue weighted by Gasteiger charge is 2.34. The van der Waals surface area contributed by atoms with Crippen LogP contribution < -0.4 is 5.32 Å². The van der Waals surface area contributed by atoms with Crippen LogP contribution in [0.4, 0.5) is 10.1 Å². The highest BCUT2D eigenvalue weighted by molar-refractivity contribution is 14.1. The molecule has 1 aliphatic rings. The molecule has 6 heteroatoms. The summed E-state index contributed by atoms with van der Waals surface area (Å²) in [6.07, 6.45) is 0. The van der Waals surface area contributed by atoms with Gasteiger partial charge in [-0.3, -0.25) is 9.59 Å². The largest absolute Gasteiger partial charge is 0.324 e. The van der Waals surface area contributed by atoms with E-state index in [-0.39, 0.29) is 18.4 Å². The van der Waals surface area contributed by atoms with Gasteiger partial charge in [0, 0.05) is 14.8 Å². The maximum Gasteiger partial charge on any atom is 0.256 e. The summed E-state index contributed by atoms with van der Waals surface area (Å²) in [6, 6.07) is 20.2. The van der Waals surface area contributed by atoms with Gasteiger partial charge in [0.25, 0.3) is 5.91 Å². The molecule has 0 bridgehead atoms. The van der Waals surface area contributed by atoms with Crippen LogP contribution in [0.3, 0.4) is 0 Å². The Labute approximate surface area is 175 Å². The average molecular weight is 486 g/mol. The van der Waals surface area contributed by atoms with Crippen molar-refractivity contribution in [3.05, 3.63) is 98.9 Å². The molecule has 2 amide bonds. The third kappa shape index (κ3) is 3.52. The molecule has 28 heavy (non-hydrogen) atoms. The minimum absolute atomic E-state index is 0.125. The van der Waals surface area contributed by atoms with E-state index in [9.17, 15) is 14.0 Å². The molecular weight excluding hydrogens is 470 g/mol. The highest BCUT2D eigenvalue weighted by Crippen LogP contribution is 2.37. The standard InChI is InChI=1S/C22H16FIN2O2/c23-15-10-11-19-17(12-15)21(14-6-2-1-3-7-14)26(13-20(27)25-19)22(28)16-8-4-5-9-18(16)24/h1-12,21H,13H2,(H,25,27)/t21-/m1/s1. The van der Waals surface area contributed by atoms with E-state index in [0.717, 1.165) is 9.13 Å². The summed E-state index contributed by atoms with van der Waals surface area (Å²) in [5.41, 5.74) is 2.39. The molecule has 0 saturated heterocycles. The van der Waals surface area contributed by atoms with Crippen molar-refractivity contribution in [3.8, 4) is 0 Å². The number of anilines is 1. The van der Waals surface area contributed by atoms with Crippen LogP contribution in [0, 0.1) is 9.39 Å². The maximum absolute atomic E-state index is 14.1. The van der Waals surface area contributed by atoms with E-state index in [0.29, 0.717) is 16.8 Å². The lowest BCUT2D eigenvalue weighted by atomic mass is 9.95. The normalized spacial score (nSPS) is 16.1. The van der Waals surface area contributed by atoms with Gasteiger partial charge in [0.2, 0.25) is 5.91 Å². The molecule has 1 N–H and O–H groups in total. The van der Waals surface area contributed by atoms with Crippen LogP contribution in [0.15, 0.2) is 72.8 Å². The van der Waals surface area contributed by atoms with Crippen LogP contribution >= 0.6 is 22.6 Å². The highest BCUT2D eigenvalue weighted by atomic mass is 127. The number of halogens is 2. The molecule has 1 aliphatic heterocycles. The maximum atomic E-state index is 14.1. The average Bonchev–Trinajstić information content (AvgIpc) is 2.84. The molecule has 1 heterocycles. The molecule has 0 unspecified atom stereocenters. The molecule has 1 atom stereocenters. The van der Waals surface area contributed by atoms with Crippen LogP contribution in [0.25, 0.3) is 0 Å². The first kappa shape index (κ1) is 18.6. The van der Waals surface area contributed by atoms with Crippen molar-refractivity contribution in [2.24, 2.45) is 0 Å². The third-order valence-corrected chi connectivity index (χ3v) is 5.63. The summed E-state index contributed by atoms with van der Waals surface area (Å²) in [6.45, 7) is -0.125. The quantitative estimate of drug-likeness (QED) is 0.538. The van der Waals surface area contributed by atoms with Crippen LogP contribution in [0.2, 0.25) is 0 Å². The van der Waals surface area contributed by atoms with Gasteiger partial charge in [0.05, 0.1) is 11.6 Å². The van der Waals surface area contributed by atoms with Crippen molar-refractivity contribution in [3.63, 3.8) is 0 Å². The first-order valence-electron chi connectivity index (χ1n) is 8.74. The van der Waals surface area contributed by atoms with Gasteiger partial charge in [0.1, 0.15) is 12.4 Å². The number of carbonyl (C=O) groups is 2. The lowest BCUT2D eigenvalue weighted by Crippen LogP contribution is -2.39. The van der Waals surface area contributed by atoms with Gasteiger partial charge in [-0.05, 0) is 58.5 Å². The number of nitrogens with zero attached hydrogens (tertiary/aromatic N) is 1. The van der Waals surface area contributed by atoms with Gasteiger partial charge in [-0.15, -0.1) is 0 Å². The Bertz CT molecular complexity index is 1060. The molecular formula is C22H16FIN2O2. The molecule has 0 spiro atoms. The smallest absolute Gasteiger partial charge is 0.256 e. The fourth-order valence-electron chi connectivity index (χ4n) is 3.45. The second-order valence-electron chi connectivity index (χ2n) is 6.51. The van der Waals surface area contributed by atoms with E-state index >= 15 is 0 Å². The van der Waals surface area contributed by atoms with Crippen LogP contribution in [-0.4, -0.2) is 23.3 Å². The van der Waals surface area contributed by atoms with E-state index in [1.165, 1.54) is 17.0 Å². The van der Waals surface area contributed by atoms with Crippen LogP contribution in [0.5, 0.6) is 0 Å². The number of hydrogen-bond acceptors (Lipinski definition) is 2. The molecule has 0 fully saturated rings. The second-order valence-corrected chi connectivity index (χ2v) is 7.67. The Hall–Kier alpha value is -2.74. The van der Waals surface area contributed by atoms with Crippen LogP contribution in [-0.2, 0) is 4.79 Å². The summed E-state index contributed by atoms with van der Waals surface area (Å²) in [7, 11) is 0. The first-order valence-corrected chi connectivity index (χ1v) is 9.82. The molecule has 0 radical (unpaired) electrons. The van der Waals surface area contributed by atoms with Crippen molar-refractivity contribution in [1.82, 2.24) is 4.90 Å². The Morgan fingerprint density at radius 2 is 1.75 bits per heavy atom. The number of nitrogens with one attached hydrogen (secondary N) is 1. The van der Waals surface area contributed by atoms with Gasteiger partial charge in [-0.2, -0.15) is 0 Å². The van der Waals surface area contributed by atoms with Crippen molar-refractivity contribution >= 4 is 40.1 Å². The minimum Gasteiger partial charge on any atom is -0.324 e. The number of fused-ring (bicyclic) bond motifs is 1. The zero-order chi connectivity index (χ0) is 19.7. The Balaban J connectivity index is 1.91. The topological polar surface area (TPSA) is 49.4 Å². The summed E-state index contributed by atoms with van der Waals surface area (Å²) < 4.78 is 14.9. The molecule has 4 rings (SSSR count). The van der Waals surface area contributed by atoms with Gasteiger partial charge in [-0.25, -0.2) is 4.39 Å². The molecule has 3 aromatic carbocycles. The van der Waals surface area contributed by atoms with E-state index in [1.807, 2.05) is 42.5 Å². The molecule has 0 aliphatic carbocycles. The van der Waals surface area contributed by atoms with E-state index in [2.05, 4.69) is 27.9 Å². The monoisotopic (exact) mass is 486 g/mol. The molecule has 4 nitrogen and oxygen atoms in total. The Morgan fingerprint density at radius 3 is 2.50 bits per heavy atom. The summed E-state index contributed by atoms with van der Waals surface area (Å²) in [4.78, 5) is 27.5.